The molecule has 0 aromatic heterocycles. The molecule has 0 spiro atoms. The molecular formula is C15H16ClN. The van der Waals surface area contributed by atoms with E-state index in [1.165, 1.54) is 11.1 Å². The van der Waals surface area contributed by atoms with E-state index >= 15 is 0 Å². The normalized spacial score (nSPS) is 10.2. The second-order valence-corrected chi connectivity index (χ2v) is 3.69. The van der Waals surface area contributed by atoms with Gasteiger partial charge in [-0.25, -0.2) is 0 Å². The lowest BCUT2D eigenvalue weighted by molar-refractivity contribution is 1.07. The molecule has 0 atom stereocenters. The Hall–Kier alpha value is -1.57. The van der Waals surface area contributed by atoms with Crippen LogP contribution in [0.4, 0.5) is 0 Å². The average molecular weight is 246 g/mol. The van der Waals surface area contributed by atoms with Gasteiger partial charge in [0.05, 0.1) is 0 Å². The van der Waals surface area contributed by atoms with Crippen molar-refractivity contribution in [2.24, 2.45) is 5.73 Å². The summed E-state index contributed by atoms with van der Waals surface area (Å²) in [4.78, 5) is 0. The molecule has 0 aliphatic rings. The van der Waals surface area contributed by atoms with E-state index in [0.717, 1.165) is 5.56 Å². The molecule has 2 N–H and O–H groups in total. The first-order valence-corrected chi connectivity index (χ1v) is 5.40. The number of hydrogen-bond donors (Lipinski definition) is 1. The molecule has 0 radical (unpaired) electrons. The van der Waals surface area contributed by atoms with Gasteiger partial charge in [0.25, 0.3) is 0 Å². The fourth-order valence-corrected chi connectivity index (χ4v) is 1.52. The second kappa shape index (κ2) is 6.89. The van der Waals surface area contributed by atoms with Crippen molar-refractivity contribution in [1.82, 2.24) is 0 Å². The summed E-state index contributed by atoms with van der Waals surface area (Å²) in [5.74, 6) is 0. The molecule has 0 bridgehead atoms. The summed E-state index contributed by atoms with van der Waals surface area (Å²) < 4.78 is 0. The van der Waals surface area contributed by atoms with E-state index in [2.05, 4.69) is 48.6 Å². The molecule has 2 aromatic rings. The number of hydrogen-bond acceptors (Lipinski definition) is 1. The smallest absolute Gasteiger partial charge is 0.0178 e. The van der Waals surface area contributed by atoms with E-state index < -0.39 is 0 Å². The van der Waals surface area contributed by atoms with Crippen LogP contribution in [0.3, 0.4) is 0 Å². The molecule has 0 aliphatic carbocycles. The molecule has 2 aromatic carbocycles. The monoisotopic (exact) mass is 245 g/mol. The summed E-state index contributed by atoms with van der Waals surface area (Å²) in [6, 6.07) is 18.6. The zero-order valence-electron chi connectivity index (χ0n) is 9.54. The van der Waals surface area contributed by atoms with Crippen LogP contribution in [-0.2, 0) is 6.54 Å². The van der Waals surface area contributed by atoms with Crippen LogP contribution < -0.4 is 5.73 Å². The van der Waals surface area contributed by atoms with Gasteiger partial charge < -0.3 is 5.73 Å². The summed E-state index contributed by atoms with van der Waals surface area (Å²) in [5, 5.41) is 0. The summed E-state index contributed by atoms with van der Waals surface area (Å²) in [6.07, 6.45) is 4.22. The van der Waals surface area contributed by atoms with Gasteiger partial charge in [-0.15, -0.1) is 12.4 Å². The Kier molecular flexibility index (Phi) is 5.47. The van der Waals surface area contributed by atoms with Crippen LogP contribution in [0.1, 0.15) is 16.7 Å². The van der Waals surface area contributed by atoms with Gasteiger partial charge >= 0.3 is 0 Å². The van der Waals surface area contributed by atoms with Gasteiger partial charge in [0.2, 0.25) is 0 Å². The highest BCUT2D eigenvalue weighted by Crippen LogP contribution is 2.09. The Morgan fingerprint density at radius 2 is 1.29 bits per heavy atom. The molecule has 2 rings (SSSR count). The van der Waals surface area contributed by atoms with Gasteiger partial charge in [-0.1, -0.05) is 66.7 Å². The molecule has 0 heterocycles. The predicted octanol–water partition coefficient (Wildman–Crippen LogP) is 3.74. The molecule has 0 saturated carbocycles. The molecule has 2 heteroatoms. The molecular weight excluding hydrogens is 230 g/mol. The molecule has 17 heavy (non-hydrogen) atoms. The number of benzene rings is 2. The first-order chi connectivity index (χ1) is 7.88. The van der Waals surface area contributed by atoms with Crippen molar-refractivity contribution >= 4 is 24.6 Å². The fraction of sp³-hybridized carbons (Fsp3) is 0.0667. The molecule has 0 fully saturated rings. The van der Waals surface area contributed by atoms with E-state index in [4.69, 9.17) is 5.73 Å². The van der Waals surface area contributed by atoms with Crippen LogP contribution in [-0.4, -0.2) is 0 Å². The summed E-state index contributed by atoms with van der Waals surface area (Å²) in [7, 11) is 0. The van der Waals surface area contributed by atoms with Crippen molar-refractivity contribution in [1.29, 1.82) is 0 Å². The maximum Gasteiger partial charge on any atom is 0.0178 e. The van der Waals surface area contributed by atoms with Crippen LogP contribution >= 0.6 is 12.4 Å². The fourth-order valence-electron chi connectivity index (χ4n) is 1.52. The van der Waals surface area contributed by atoms with E-state index in [1.807, 2.05) is 18.2 Å². The van der Waals surface area contributed by atoms with Gasteiger partial charge in [-0.3, -0.25) is 0 Å². The summed E-state index contributed by atoms with van der Waals surface area (Å²) in [5.41, 5.74) is 9.12. The quantitative estimate of drug-likeness (QED) is 0.820. The minimum Gasteiger partial charge on any atom is -0.326 e. The van der Waals surface area contributed by atoms with E-state index in [1.54, 1.807) is 0 Å². The average Bonchev–Trinajstić information content (AvgIpc) is 2.38. The lowest BCUT2D eigenvalue weighted by Crippen LogP contribution is -1.94. The Morgan fingerprint density at radius 3 is 1.82 bits per heavy atom. The number of rotatable bonds is 3. The number of halogens is 1. The van der Waals surface area contributed by atoms with Crippen LogP contribution in [0.25, 0.3) is 12.2 Å². The largest absolute Gasteiger partial charge is 0.326 e. The van der Waals surface area contributed by atoms with Crippen molar-refractivity contribution in [2.75, 3.05) is 0 Å². The highest BCUT2D eigenvalue weighted by atomic mass is 35.5. The second-order valence-electron chi connectivity index (χ2n) is 3.69. The van der Waals surface area contributed by atoms with Crippen molar-refractivity contribution in [2.45, 2.75) is 6.54 Å². The maximum absolute atomic E-state index is 5.55. The Bertz CT molecular complexity index is 460. The third kappa shape index (κ3) is 4.06. The Balaban J connectivity index is 0.00000144. The van der Waals surface area contributed by atoms with Crippen LogP contribution in [0.2, 0.25) is 0 Å². The van der Waals surface area contributed by atoms with Gasteiger partial charge in [-0.2, -0.15) is 0 Å². The zero-order valence-corrected chi connectivity index (χ0v) is 10.4. The maximum atomic E-state index is 5.55. The first kappa shape index (κ1) is 13.5. The third-order valence-corrected chi connectivity index (χ3v) is 2.48. The standard InChI is InChI=1S/C15H15N.ClH/c16-12-15-10-8-14(9-11-15)7-6-13-4-2-1-3-5-13;/h1-11H,12,16H2;1H. The molecule has 0 amide bonds. The molecule has 88 valence electrons. The lowest BCUT2D eigenvalue weighted by atomic mass is 10.1. The highest BCUT2D eigenvalue weighted by Gasteiger charge is 1.89. The van der Waals surface area contributed by atoms with E-state index in [0.29, 0.717) is 6.54 Å². The van der Waals surface area contributed by atoms with E-state index in [9.17, 15) is 0 Å². The van der Waals surface area contributed by atoms with Crippen LogP contribution in [0, 0.1) is 0 Å². The Morgan fingerprint density at radius 1 is 0.765 bits per heavy atom. The van der Waals surface area contributed by atoms with Gasteiger partial charge in [0.1, 0.15) is 0 Å². The summed E-state index contributed by atoms with van der Waals surface area (Å²) >= 11 is 0. The van der Waals surface area contributed by atoms with Gasteiger partial charge in [0.15, 0.2) is 0 Å². The van der Waals surface area contributed by atoms with Gasteiger partial charge in [-0.05, 0) is 16.7 Å². The predicted molar refractivity (Wildman–Crippen MR) is 77.0 cm³/mol. The van der Waals surface area contributed by atoms with Crippen molar-refractivity contribution in [3.05, 3.63) is 71.3 Å². The minimum absolute atomic E-state index is 0. The van der Waals surface area contributed by atoms with Crippen LogP contribution in [0.15, 0.2) is 54.6 Å². The zero-order chi connectivity index (χ0) is 11.2. The van der Waals surface area contributed by atoms with Crippen molar-refractivity contribution in [3.63, 3.8) is 0 Å². The lowest BCUT2D eigenvalue weighted by Gasteiger charge is -1.97. The molecule has 1 nitrogen and oxygen atoms in total. The van der Waals surface area contributed by atoms with Crippen LogP contribution in [0.5, 0.6) is 0 Å². The van der Waals surface area contributed by atoms with Crippen molar-refractivity contribution in [3.8, 4) is 0 Å². The van der Waals surface area contributed by atoms with E-state index in [-0.39, 0.29) is 12.4 Å². The summed E-state index contributed by atoms with van der Waals surface area (Å²) in [6.45, 7) is 0.600. The molecule has 0 aliphatic heterocycles. The highest BCUT2D eigenvalue weighted by molar-refractivity contribution is 5.85. The Labute approximate surface area is 108 Å². The first-order valence-electron chi connectivity index (χ1n) is 5.40. The number of nitrogens with two attached hydrogens (primary N) is 1. The van der Waals surface area contributed by atoms with Crippen molar-refractivity contribution < 1.29 is 0 Å². The molecule has 0 saturated heterocycles. The third-order valence-electron chi connectivity index (χ3n) is 2.48. The minimum atomic E-state index is 0. The molecule has 0 unspecified atom stereocenters. The van der Waals surface area contributed by atoms with Gasteiger partial charge in [0, 0.05) is 6.54 Å². The topological polar surface area (TPSA) is 26.0 Å². The SMILES string of the molecule is Cl.NCc1ccc(C=Cc2ccccc2)cc1.